The van der Waals surface area contributed by atoms with Crippen molar-refractivity contribution in [3.63, 3.8) is 0 Å². The highest BCUT2D eigenvalue weighted by Gasteiger charge is 2.42. The minimum absolute atomic E-state index is 0.0228. The Balaban J connectivity index is 1.88. The number of imidazole rings is 1. The summed E-state index contributed by atoms with van der Waals surface area (Å²) >= 11 is 0. The van der Waals surface area contributed by atoms with Crippen LogP contribution in [-0.2, 0) is 12.6 Å². The van der Waals surface area contributed by atoms with Gasteiger partial charge in [0.25, 0.3) is 5.91 Å². The van der Waals surface area contributed by atoms with Crippen LogP contribution in [0.15, 0.2) is 18.6 Å². The summed E-state index contributed by atoms with van der Waals surface area (Å²) in [5, 5.41) is 3.83. The van der Waals surface area contributed by atoms with E-state index >= 15 is 0 Å². The van der Waals surface area contributed by atoms with Gasteiger partial charge in [0.05, 0.1) is 17.8 Å². The van der Waals surface area contributed by atoms with E-state index in [1.165, 1.54) is 4.90 Å². The molecule has 3 heterocycles. The molecule has 0 N–H and O–H groups in total. The molecule has 3 rings (SSSR count). The van der Waals surface area contributed by atoms with Crippen LogP contribution in [0.2, 0.25) is 0 Å². The van der Waals surface area contributed by atoms with Crippen LogP contribution in [-0.4, -0.2) is 43.2 Å². The summed E-state index contributed by atoms with van der Waals surface area (Å²) < 4.78 is 43.7. The van der Waals surface area contributed by atoms with Crippen LogP contribution in [0.5, 0.6) is 0 Å². The van der Waals surface area contributed by atoms with Gasteiger partial charge in [-0.15, -0.1) is 0 Å². The second-order valence-electron chi connectivity index (χ2n) is 7.09. The molecule has 1 unspecified atom stereocenters. The van der Waals surface area contributed by atoms with Gasteiger partial charge in [-0.1, -0.05) is 6.92 Å². The Kier molecular flexibility index (Phi) is 5.30. The SMILES string of the molecule is CCc1nccn1C1CCCN(C(=O)c2cnn(C(C)C)c2C(F)(F)F)C1. The van der Waals surface area contributed by atoms with Gasteiger partial charge in [0.15, 0.2) is 5.69 Å². The molecule has 148 valence electrons. The average Bonchev–Trinajstić information content (AvgIpc) is 3.27. The fourth-order valence-electron chi connectivity index (χ4n) is 3.68. The van der Waals surface area contributed by atoms with Crippen LogP contribution in [0.25, 0.3) is 0 Å². The molecule has 1 aliphatic heterocycles. The number of halogens is 3. The highest BCUT2D eigenvalue weighted by atomic mass is 19.4. The van der Waals surface area contributed by atoms with Crippen LogP contribution in [0.4, 0.5) is 13.2 Å². The number of likely N-dealkylation sites (tertiary alicyclic amines) is 1. The monoisotopic (exact) mass is 383 g/mol. The van der Waals surface area contributed by atoms with Crippen molar-refractivity contribution in [3.05, 3.63) is 35.7 Å². The third-order valence-corrected chi connectivity index (χ3v) is 4.93. The van der Waals surface area contributed by atoms with E-state index in [1.807, 2.05) is 17.7 Å². The van der Waals surface area contributed by atoms with Crippen molar-refractivity contribution in [2.45, 2.75) is 58.3 Å². The summed E-state index contributed by atoms with van der Waals surface area (Å²) in [6, 6.07) is -0.468. The van der Waals surface area contributed by atoms with E-state index in [4.69, 9.17) is 0 Å². The fourth-order valence-corrected chi connectivity index (χ4v) is 3.68. The molecule has 9 heteroatoms. The van der Waals surface area contributed by atoms with Crippen molar-refractivity contribution < 1.29 is 18.0 Å². The van der Waals surface area contributed by atoms with E-state index in [-0.39, 0.29) is 11.6 Å². The molecule has 0 saturated carbocycles. The quantitative estimate of drug-likeness (QED) is 0.809. The summed E-state index contributed by atoms with van der Waals surface area (Å²) in [7, 11) is 0. The maximum atomic E-state index is 13.6. The summed E-state index contributed by atoms with van der Waals surface area (Å²) in [4.78, 5) is 18.7. The van der Waals surface area contributed by atoms with Gasteiger partial charge in [0.1, 0.15) is 5.82 Å². The normalized spacial score (nSPS) is 18.3. The molecule has 2 aromatic rings. The molecule has 0 spiro atoms. The number of rotatable bonds is 4. The highest BCUT2D eigenvalue weighted by Crippen LogP contribution is 2.35. The van der Waals surface area contributed by atoms with Crippen LogP contribution in [0.1, 0.15) is 67.6 Å². The molecule has 1 aliphatic rings. The second-order valence-corrected chi connectivity index (χ2v) is 7.09. The molecule has 6 nitrogen and oxygen atoms in total. The number of piperidine rings is 1. The Hall–Kier alpha value is -2.32. The molecule has 1 saturated heterocycles. The van der Waals surface area contributed by atoms with Gasteiger partial charge in [-0.05, 0) is 26.7 Å². The Morgan fingerprint density at radius 1 is 1.37 bits per heavy atom. The van der Waals surface area contributed by atoms with Crippen molar-refractivity contribution >= 4 is 5.91 Å². The van der Waals surface area contributed by atoms with Gasteiger partial charge in [0.2, 0.25) is 0 Å². The third kappa shape index (κ3) is 3.72. The topological polar surface area (TPSA) is 56.0 Å². The van der Waals surface area contributed by atoms with Gasteiger partial charge in [-0.25, -0.2) is 4.98 Å². The summed E-state index contributed by atoms with van der Waals surface area (Å²) in [5.41, 5.74) is -1.35. The molecular weight excluding hydrogens is 359 g/mol. The van der Waals surface area contributed by atoms with Crippen molar-refractivity contribution in [2.24, 2.45) is 0 Å². The van der Waals surface area contributed by atoms with E-state index in [0.29, 0.717) is 13.1 Å². The van der Waals surface area contributed by atoms with Crippen LogP contribution in [0.3, 0.4) is 0 Å². The zero-order valence-electron chi connectivity index (χ0n) is 15.7. The lowest BCUT2D eigenvalue weighted by Gasteiger charge is -2.34. The first kappa shape index (κ1) is 19.4. The molecule has 0 radical (unpaired) electrons. The van der Waals surface area contributed by atoms with Gasteiger partial charge in [-0.3, -0.25) is 9.48 Å². The zero-order chi connectivity index (χ0) is 19.8. The van der Waals surface area contributed by atoms with E-state index in [9.17, 15) is 18.0 Å². The number of alkyl halides is 3. The lowest BCUT2D eigenvalue weighted by atomic mass is 10.0. The molecule has 0 bridgehead atoms. The summed E-state index contributed by atoms with van der Waals surface area (Å²) in [5.74, 6) is 0.301. The molecule has 1 amide bonds. The summed E-state index contributed by atoms with van der Waals surface area (Å²) in [6.45, 7) is 6.03. The Labute approximate surface area is 156 Å². The Morgan fingerprint density at radius 3 is 2.74 bits per heavy atom. The largest absolute Gasteiger partial charge is 0.433 e. The first-order valence-electron chi connectivity index (χ1n) is 9.19. The molecule has 1 fully saturated rings. The van der Waals surface area contributed by atoms with Crippen molar-refractivity contribution in [3.8, 4) is 0 Å². The Bertz CT molecular complexity index is 808. The molecule has 0 aromatic carbocycles. The number of hydrogen-bond acceptors (Lipinski definition) is 3. The minimum atomic E-state index is -4.64. The lowest BCUT2D eigenvalue weighted by molar-refractivity contribution is -0.145. The van der Waals surface area contributed by atoms with Gasteiger partial charge in [0, 0.05) is 37.9 Å². The average molecular weight is 383 g/mol. The first-order chi connectivity index (χ1) is 12.7. The predicted molar refractivity (Wildman–Crippen MR) is 93.4 cm³/mol. The van der Waals surface area contributed by atoms with Crippen molar-refractivity contribution in [2.75, 3.05) is 13.1 Å². The van der Waals surface area contributed by atoms with Gasteiger partial charge in [-0.2, -0.15) is 18.3 Å². The van der Waals surface area contributed by atoms with E-state index in [2.05, 4.69) is 10.1 Å². The van der Waals surface area contributed by atoms with Gasteiger partial charge >= 0.3 is 6.18 Å². The molecule has 2 aromatic heterocycles. The number of hydrogen-bond donors (Lipinski definition) is 0. The van der Waals surface area contributed by atoms with Crippen LogP contribution in [0, 0.1) is 0 Å². The van der Waals surface area contributed by atoms with Crippen molar-refractivity contribution in [1.82, 2.24) is 24.2 Å². The smallest absolute Gasteiger partial charge is 0.336 e. The molecular formula is C18H24F3N5O. The van der Waals surface area contributed by atoms with Crippen LogP contribution >= 0.6 is 0 Å². The standard InChI is InChI=1S/C18H24F3N5O/c1-4-15-22-7-9-25(15)13-6-5-8-24(11-13)17(27)14-10-23-26(12(2)3)16(14)18(19,20)21/h7,9-10,12-13H,4-6,8,11H2,1-3H3. The predicted octanol–water partition coefficient (Wildman–Crippen LogP) is 3.72. The van der Waals surface area contributed by atoms with E-state index in [1.54, 1.807) is 20.0 Å². The Morgan fingerprint density at radius 2 is 2.11 bits per heavy atom. The van der Waals surface area contributed by atoms with Crippen LogP contribution < -0.4 is 0 Å². The minimum Gasteiger partial charge on any atom is -0.336 e. The van der Waals surface area contributed by atoms with Gasteiger partial charge < -0.3 is 9.47 Å². The fraction of sp³-hybridized carbons (Fsp3) is 0.611. The number of aryl methyl sites for hydroxylation is 1. The number of amides is 1. The number of aromatic nitrogens is 4. The lowest BCUT2D eigenvalue weighted by Crippen LogP contribution is -2.41. The highest BCUT2D eigenvalue weighted by molar-refractivity contribution is 5.95. The number of carbonyl (C=O) groups excluding carboxylic acids is 1. The molecule has 1 atom stereocenters. The first-order valence-corrected chi connectivity index (χ1v) is 9.19. The molecule has 27 heavy (non-hydrogen) atoms. The maximum Gasteiger partial charge on any atom is 0.433 e. The summed E-state index contributed by atoms with van der Waals surface area (Å²) in [6.07, 6.45) is 2.35. The number of nitrogens with zero attached hydrogens (tertiary/aromatic N) is 5. The maximum absolute atomic E-state index is 13.6. The second kappa shape index (κ2) is 7.36. The zero-order valence-corrected chi connectivity index (χ0v) is 15.7. The third-order valence-electron chi connectivity index (χ3n) is 4.93. The number of carbonyl (C=O) groups is 1. The van der Waals surface area contributed by atoms with Crippen molar-refractivity contribution in [1.29, 1.82) is 0 Å². The van der Waals surface area contributed by atoms with E-state index in [0.717, 1.165) is 36.0 Å². The molecule has 0 aliphatic carbocycles. The van der Waals surface area contributed by atoms with E-state index < -0.39 is 23.8 Å².